The number of carbonyl (C=O) groups excluding carboxylic acids is 1. The first-order valence-electron chi connectivity index (χ1n) is 7.57. The summed E-state index contributed by atoms with van der Waals surface area (Å²) in [6, 6.07) is 0.541. The number of aromatic nitrogens is 2. The predicted molar refractivity (Wildman–Crippen MR) is 80.5 cm³/mol. The molecule has 0 bridgehead atoms. The van der Waals surface area contributed by atoms with Crippen LogP contribution in [-0.2, 0) is 10.9 Å². The van der Waals surface area contributed by atoms with E-state index in [-0.39, 0.29) is 37.2 Å². The van der Waals surface area contributed by atoms with Crippen molar-refractivity contribution in [1.82, 2.24) is 20.2 Å². The van der Waals surface area contributed by atoms with Gasteiger partial charge >= 0.3 is 12.2 Å². The molecule has 10 heteroatoms. The number of rotatable bonds is 4. The van der Waals surface area contributed by atoms with E-state index in [9.17, 15) is 18.0 Å². The second kappa shape index (κ2) is 7.65. The molecule has 0 saturated carbocycles. The first-order chi connectivity index (χ1) is 11.3. The van der Waals surface area contributed by atoms with E-state index in [1.165, 1.54) is 0 Å². The van der Waals surface area contributed by atoms with E-state index in [2.05, 4.69) is 20.6 Å². The van der Waals surface area contributed by atoms with E-state index < -0.39 is 11.9 Å². The summed E-state index contributed by atoms with van der Waals surface area (Å²) in [5.74, 6) is -0.132. The molecule has 0 unspecified atom stereocenters. The molecule has 2 heterocycles. The van der Waals surface area contributed by atoms with Gasteiger partial charge in [-0.2, -0.15) is 13.2 Å². The number of anilines is 1. The molecule has 1 aliphatic heterocycles. The molecule has 1 aliphatic rings. The van der Waals surface area contributed by atoms with E-state index in [0.717, 1.165) is 12.3 Å². The van der Waals surface area contributed by atoms with E-state index in [1.807, 2.05) is 13.8 Å². The molecule has 24 heavy (non-hydrogen) atoms. The van der Waals surface area contributed by atoms with Crippen molar-refractivity contribution in [3.8, 4) is 0 Å². The fourth-order valence-corrected chi connectivity index (χ4v) is 2.23. The van der Waals surface area contributed by atoms with E-state index in [1.54, 1.807) is 4.90 Å². The first kappa shape index (κ1) is 18.2. The molecule has 0 aliphatic carbocycles. The molecule has 0 radical (unpaired) electrons. The van der Waals surface area contributed by atoms with Crippen LogP contribution in [0.5, 0.6) is 0 Å². The Balaban J connectivity index is 1.77. The summed E-state index contributed by atoms with van der Waals surface area (Å²) >= 11 is 0. The highest BCUT2D eigenvalue weighted by atomic mass is 19.4. The van der Waals surface area contributed by atoms with Crippen LogP contribution in [0.1, 0.15) is 19.5 Å². The highest BCUT2D eigenvalue weighted by Gasteiger charge is 2.32. The average molecular weight is 347 g/mol. The van der Waals surface area contributed by atoms with Gasteiger partial charge in [0, 0.05) is 25.8 Å². The minimum absolute atomic E-state index is 0.0245. The third-order valence-electron chi connectivity index (χ3n) is 3.50. The molecule has 1 aromatic rings. The minimum Gasteiger partial charge on any atom is -0.375 e. The SMILES string of the molecule is C[C@H]1CN(C(=O)NCCNc2nccc(C(F)(F)F)n2)[C@@H](C)CO1. The van der Waals surface area contributed by atoms with Crippen molar-refractivity contribution >= 4 is 12.0 Å². The summed E-state index contributed by atoms with van der Waals surface area (Å²) < 4.78 is 43.1. The summed E-state index contributed by atoms with van der Waals surface area (Å²) in [6.07, 6.45) is -3.51. The fraction of sp³-hybridized carbons (Fsp3) is 0.643. The van der Waals surface area contributed by atoms with Crippen molar-refractivity contribution in [1.29, 1.82) is 0 Å². The number of hydrogen-bond acceptors (Lipinski definition) is 5. The Hall–Kier alpha value is -2.10. The number of hydrogen-bond donors (Lipinski definition) is 2. The Bertz CT molecular complexity index is 570. The van der Waals surface area contributed by atoms with Crippen LogP contribution in [0.25, 0.3) is 0 Å². The summed E-state index contributed by atoms with van der Waals surface area (Å²) in [5, 5.41) is 5.36. The first-order valence-corrected chi connectivity index (χ1v) is 7.57. The minimum atomic E-state index is -4.52. The van der Waals surface area contributed by atoms with Gasteiger partial charge in [0.1, 0.15) is 5.69 Å². The summed E-state index contributed by atoms with van der Waals surface area (Å²) in [7, 11) is 0. The van der Waals surface area contributed by atoms with Crippen molar-refractivity contribution in [2.45, 2.75) is 32.2 Å². The van der Waals surface area contributed by atoms with Gasteiger partial charge in [0.25, 0.3) is 0 Å². The standard InChI is InChI=1S/C14H20F3N5O2/c1-9-8-24-10(2)7-22(9)13(23)20-6-5-19-12-18-4-3-11(21-12)14(15,16)17/h3-4,9-10H,5-8H2,1-2H3,(H,20,23)(H,18,19,21)/t9-,10-/m0/s1. The van der Waals surface area contributed by atoms with Gasteiger partial charge in [-0.1, -0.05) is 0 Å². The van der Waals surface area contributed by atoms with Crippen molar-refractivity contribution in [3.05, 3.63) is 18.0 Å². The normalized spacial score (nSPS) is 21.5. The lowest BCUT2D eigenvalue weighted by Crippen LogP contribution is -2.54. The van der Waals surface area contributed by atoms with Crippen molar-refractivity contribution in [3.63, 3.8) is 0 Å². The lowest BCUT2D eigenvalue weighted by Gasteiger charge is -2.36. The van der Waals surface area contributed by atoms with Crippen molar-refractivity contribution in [2.75, 3.05) is 31.6 Å². The second-order valence-corrected chi connectivity index (χ2v) is 5.57. The third-order valence-corrected chi connectivity index (χ3v) is 3.50. The lowest BCUT2D eigenvalue weighted by molar-refractivity contribution is -0.141. The molecule has 2 amide bonds. The lowest BCUT2D eigenvalue weighted by atomic mass is 10.2. The van der Waals surface area contributed by atoms with Gasteiger partial charge in [0.15, 0.2) is 0 Å². The predicted octanol–water partition coefficient (Wildman–Crippen LogP) is 1.73. The van der Waals surface area contributed by atoms with Gasteiger partial charge < -0.3 is 20.3 Å². The molecule has 2 rings (SSSR count). The van der Waals surface area contributed by atoms with E-state index in [4.69, 9.17) is 4.74 Å². The summed E-state index contributed by atoms with van der Waals surface area (Å²) in [6.45, 7) is 5.19. The topological polar surface area (TPSA) is 79.4 Å². The van der Waals surface area contributed by atoms with Gasteiger partial charge in [-0.15, -0.1) is 0 Å². The number of nitrogens with one attached hydrogen (secondary N) is 2. The summed E-state index contributed by atoms with van der Waals surface area (Å²) in [4.78, 5) is 20.9. The molecule has 2 atom stereocenters. The highest BCUT2D eigenvalue weighted by Crippen LogP contribution is 2.27. The Kier molecular flexibility index (Phi) is 5.81. The van der Waals surface area contributed by atoms with Crippen LogP contribution in [0, 0.1) is 0 Å². The molecule has 0 spiro atoms. The van der Waals surface area contributed by atoms with E-state index >= 15 is 0 Å². The zero-order valence-electron chi connectivity index (χ0n) is 13.4. The number of ether oxygens (including phenoxy) is 1. The smallest absolute Gasteiger partial charge is 0.375 e. The second-order valence-electron chi connectivity index (χ2n) is 5.57. The van der Waals surface area contributed by atoms with Crippen LogP contribution in [0.2, 0.25) is 0 Å². The van der Waals surface area contributed by atoms with E-state index in [0.29, 0.717) is 13.2 Å². The molecule has 1 fully saturated rings. The quantitative estimate of drug-likeness (QED) is 0.811. The number of nitrogens with zero attached hydrogens (tertiary/aromatic N) is 3. The number of alkyl halides is 3. The molecule has 134 valence electrons. The maximum atomic E-state index is 12.5. The zero-order valence-corrected chi connectivity index (χ0v) is 13.4. The Morgan fingerprint density at radius 2 is 2.17 bits per heavy atom. The molecule has 1 aromatic heterocycles. The number of carbonyl (C=O) groups is 1. The fourth-order valence-electron chi connectivity index (χ4n) is 2.23. The maximum absolute atomic E-state index is 12.5. The van der Waals surface area contributed by atoms with Crippen LogP contribution in [0.15, 0.2) is 12.3 Å². The number of morpholine rings is 1. The van der Waals surface area contributed by atoms with Crippen LogP contribution in [0.3, 0.4) is 0 Å². The Morgan fingerprint density at radius 1 is 1.42 bits per heavy atom. The molecule has 0 aromatic carbocycles. The molecular weight excluding hydrogens is 327 g/mol. The summed E-state index contributed by atoms with van der Waals surface area (Å²) in [5.41, 5.74) is -1.01. The molecule has 7 nitrogen and oxygen atoms in total. The van der Waals surface area contributed by atoms with Crippen molar-refractivity contribution < 1.29 is 22.7 Å². The van der Waals surface area contributed by atoms with Crippen LogP contribution in [0.4, 0.5) is 23.9 Å². The Morgan fingerprint density at radius 3 is 2.88 bits per heavy atom. The van der Waals surface area contributed by atoms with Gasteiger partial charge in [0.05, 0.1) is 18.8 Å². The number of amides is 2. The van der Waals surface area contributed by atoms with Crippen LogP contribution in [-0.4, -0.2) is 59.3 Å². The average Bonchev–Trinajstić information content (AvgIpc) is 2.53. The van der Waals surface area contributed by atoms with Crippen LogP contribution < -0.4 is 10.6 Å². The maximum Gasteiger partial charge on any atom is 0.433 e. The van der Waals surface area contributed by atoms with Gasteiger partial charge in [0.2, 0.25) is 5.95 Å². The Labute approximate surface area is 137 Å². The molecular formula is C14H20F3N5O2. The largest absolute Gasteiger partial charge is 0.433 e. The number of urea groups is 1. The van der Waals surface area contributed by atoms with Crippen LogP contribution >= 0.6 is 0 Å². The van der Waals surface area contributed by atoms with Gasteiger partial charge in [-0.3, -0.25) is 0 Å². The zero-order chi connectivity index (χ0) is 17.7. The molecule has 1 saturated heterocycles. The highest BCUT2D eigenvalue weighted by molar-refractivity contribution is 5.74. The third kappa shape index (κ3) is 4.95. The number of halogens is 3. The van der Waals surface area contributed by atoms with Gasteiger partial charge in [-0.25, -0.2) is 14.8 Å². The van der Waals surface area contributed by atoms with Gasteiger partial charge in [-0.05, 0) is 19.9 Å². The van der Waals surface area contributed by atoms with Crippen molar-refractivity contribution in [2.24, 2.45) is 0 Å². The monoisotopic (exact) mass is 347 g/mol. The molecule has 2 N–H and O–H groups in total.